The Bertz CT molecular complexity index is 603. The van der Waals surface area contributed by atoms with Crippen molar-refractivity contribution in [3.63, 3.8) is 0 Å². The summed E-state index contributed by atoms with van der Waals surface area (Å²) in [5.74, 6) is 1.50. The highest BCUT2D eigenvalue weighted by atomic mass is 16.5. The molecule has 0 heterocycles. The summed E-state index contributed by atoms with van der Waals surface area (Å²) in [6, 6.07) is 17.1. The van der Waals surface area contributed by atoms with Crippen molar-refractivity contribution in [3.05, 3.63) is 66.7 Å². The first-order valence-corrected chi connectivity index (χ1v) is 6.34. The van der Waals surface area contributed by atoms with Crippen molar-refractivity contribution < 1.29 is 9.53 Å². The average molecular weight is 267 g/mol. The van der Waals surface area contributed by atoms with Crippen LogP contribution in [0, 0.1) is 0 Å². The SMILES string of the molecule is C=C(c1ccc(Oc2ccccc2)cc1)N(C)C(C)=O. The van der Waals surface area contributed by atoms with Crippen molar-refractivity contribution >= 4 is 11.6 Å². The van der Waals surface area contributed by atoms with Gasteiger partial charge in [0.1, 0.15) is 11.5 Å². The van der Waals surface area contributed by atoms with Crippen LogP contribution in [-0.4, -0.2) is 17.9 Å². The van der Waals surface area contributed by atoms with E-state index in [4.69, 9.17) is 4.74 Å². The maximum atomic E-state index is 11.3. The molecule has 20 heavy (non-hydrogen) atoms. The summed E-state index contributed by atoms with van der Waals surface area (Å²) in [6.07, 6.45) is 0. The summed E-state index contributed by atoms with van der Waals surface area (Å²) >= 11 is 0. The van der Waals surface area contributed by atoms with Gasteiger partial charge < -0.3 is 9.64 Å². The summed E-state index contributed by atoms with van der Waals surface area (Å²) in [5, 5.41) is 0. The third-order valence-electron chi connectivity index (χ3n) is 3.04. The molecular formula is C17H17NO2. The van der Waals surface area contributed by atoms with E-state index >= 15 is 0 Å². The molecule has 0 N–H and O–H groups in total. The third kappa shape index (κ3) is 3.26. The molecule has 2 aromatic carbocycles. The molecule has 0 aromatic heterocycles. The van der Waals surface area contributed by atoms with E-state index in [9.17, 15) is 4.79 Å². The van der Waals surface area contributed by atoms with E-state index in [2.05, 4.69) is 6.58 Å². The van der Waals surface area contributed by atoms with E-state index in [0.29, 0.717) is 5.70 Å². The van der Waals surface area contributed by atoms with Crippen LogP contribution in [0.25, 0.3) is 5.70 Å². The molecule has 0 bridgehead atoms. The molecule has 1 amide bonds. The van der Waals surface area contributed by atoms with E-state index in [0.717, 1.165) is 17.1 Å². The van der Waals surface area contributed by atoms with Gasteiger partial charge in [0.2, 0.25) is 5.91 Å². The van der Waals surface area contributed by atoms with Gasteiger partial charge in [-0.15, -0.1) is 0 Å². The molecule has 102 valence electrons. The van der Waals surface area contributed by atoms with E-state index in [-0.39, 0.29) is 5.91 Å². The Morgan fingerprint density at radius 3 is 2.10 bits per heavy atom. The van der Waals surface area contributed by atoms with E-state index in [1.807, 2.05) is 54.6 Å². The van der Waals surface area contributed by atoms with Crippen molar-refractivity contribution in [2.24, 2.45) is 0 Å². The number of hydrogen-bond donors (Lipinski definition) is 0. The summed E-state index contributed by atoms with van der Waals surface area (Å²) in [7, 11) is 1.71. The number of carbonyl (C=O) groups excluding carboxylic acids is 1. The highest BCUT2D eigenvalue weighted by Crippen LogP contribution is 2.24. The van der Waals surface area contributed by atoms with Gasteiger partial charge in [0.05, 0.1) is 0 Å². The van der Waals surface area contributed by atoms with Gasteiger partial charge in [-0.1, -0.05) is 24.8 Å². The number of para-hydroxylation sites is 1. The predicted octanol–water partition coefficient (Wildman–Crippen LogP) is 3.93. The Kier molecular flexibility index (Phi) is 4.20. The minimum absolute atomic E-state index is 0.0420. The first kappa shape index (κ1) is 13.9. The van der Waals surface area contributed by atoms with Crippen LogP contribution in [0.3, 0.4) is 0 Å². The molecule has 3 nitrogen and oxygen atoms in total. The topological polar surface area (TPSA) is 29.5 Å². The predicted molar refractivity (Wildman–Crippen MR) is 80.4 cm³/mol. The Labute approximate surface area is 119 Å². The molecule has 2 aromatic rings. The molecule has 2 rings (SSSR count). The molecule has 0 aliphatic carbocycles. The fourth-order valence-electron chi connectivity index (χ4n) is 1.72. The van der Waals surface area contributed by atoms with Gasteiger partial charge >= 0.3 is 0 Å². The molecule has 0 aliphatic rings. The Balaban J connectivity index is 2.10. The van der Waals surface area contributed by atoms with Gasteiger partial charge in [-0.25, -0.2) is 0 Å². The highest BCUT2D eigenvalue weighted by Gasteiger charge is 2.08. The highest BCUT2D eigenvalue weighted by molar-refractivity contribution is 5.84. The molecule has 0 aliphatic heterocycles. The maximum Gasteiger partial charge on any atom is 0.223 e. The van der Waals surface area contributed by atoms with Crippen LogP contribution in [0.15, 0.2) is 61.2 Å². The van der Waals surface area contributed by atoms with Crippen molar-refractivity contribution in [1.82, 2.24) is 4.90 Å². The monoisotopic (exact) mass is 267 g/mol. The second-order valence-electron chi connectivity index (χ2n) is 4.46. The molecule has 0 unspecified atom stereocenters. The first-order valence-electron chi connectivity index (χ1n) is 6.34. The average Bonchev–Trinajstić information content (AvgIpc) is 2.47. The number of amides is 1. The second-order valence-corrected chi connectivity index (χ2v) is 4.46. The largest absolute Gasteiger partial charge is 0.457 e. The Hall–Kier alpha value is -2.55. The molecule has 0 fully saturated rings. The first-order chi connectivity index (χ1) is 9.58. The van der Waals surface area contributed by atoms with Crippen LogP contribution >= 0.6 is 0 Å². The van der Waals surface area contributed by atoms with Crippen LogP contribution < -0.4 is 4.74 Å². The van der Waals surface area contributed by atoms with Crippen molar-refractivity contribution in [1.29, 1.82) is 0 Å². The van der Waals surface area contributed by atoms with Crippen LogP contribution in [0.5, 0.6) is 11.5 Å². The van der Waals surface area contributed by atoms with Crippen molar-refractivity contribution in [2.45, 2.75) is 6.92 Å². The summed E-state index contributed by atoms with van der Waals surface area (Å²) in [4.78, 5) is 12.8. The number of rotatable bonds is 4. The lowest BCUT2D eigenvalue weighted by atomic mass is 10.1. The molecule has 0 atom stereocenters. The molecule has 0 saturated carbocycles. The second kappa shape index (κ2) is 6.06. The molecular weight excluding hydrogens is 250 g/mol. The maximum absolute atomic E-state index is 11.3. The number of nitrogens with zero attached hydrogens (tertiary/aromatic N) is 1. The molecule has 3 heteroatoms. The number of hydrogen-bond acceptors (Lipinski definition) is 2. The van der Waals surface area contributed by atoms with Gasteiger partial charge in [-0.3, -0.25) is 4.79 Å². The van der Waals surface area contributed by atoms with Gasteiger partial charge in [-0.2, -0.15) is 0 Å². The molecule has 0 spiro atoms. The zero-order chi connectivity index (χ0) is 14.5. The number of benzene rings is 2. The standard InChI is InChI=1S/C17H17NO2/c1-13(18(3)14(2)19)15-9-11-17(12-10-15)20-16-7-5-4-6-8-16/h4-12H,1H2,2-3H3. The smallest absolute Gasteiger partial charge is 0.223 e. The van der Waals surface area contributed by atoms with Crippen LogP contribution in [0.2, 0.25) is 0 Å². The fraction of sp³-hybridized carbons (Fsp3) is 0.118. The van der Waals surface area contributed by atoms with Gasteiger partial charge in [0, 0.05) is 19.7 Å². The van der Waals surface area contributed by atoms with Gasteiger partial charge in [-0.05, 0) is 42.0 Å². The summed E-state index contributed by atoms with van der Waals surface area (Å²) in [5.41, 5.74) is 1.56. The van der Waals surface area contributed by atoms with Crippen molar-refractivity contribution in [3.8, 4) is 11.5 Å². The van der Waals surface area contributed by atoms with Gasteiger partial charge in [0.15, 0.2) is 0 Å². The van der Waals surface area contributed by atoms with E-state index in [1.54, 1.807) is 7.05 Å². The lowest BCUT2D eigenvalue weighted by Gasteiger charge is -2.18. The van der Waals surface area contributed by atoms with Crippen molar-refractivity contribution in [2.75, 3.05) is 7.05 Å². The number of carbonyl (C=O) groups is 1. The Morgan fingerprint density at radius 2 is 1.55 bits per heavy atom. The lowest BCUT2D eigenvalue weighted by Crippen LogP contribution is -2.21. The molecule has 0 saturated heterocycles. The summed E-state index contributed by atoms with van der Waals surface area (Å²) in [6.45, 7) is 5.44. The van der Waals surface area contributed by atoms with E-state index < -0.39 is 0 Å². The normalized spacial score (nSPS) is 9.90. The zero-order valence-corrected chi connectivity index (χ0v) is 11.7. The quantitative estimate of drug-likeness (QED) is 0.840. The number of ether oxygens (including phenoxy) is 1. The fourth-order valence-corrected chi connectivity index (χ4v) is 1.72. The Morgan fingerprint density at radius 1 is 1.00 bits per heavy atom. The molecule has 0 radical (unpaired) electrons. The van der Waals surface area contributed by atoms with Crippen LogP contribution in [0.1, 0.15) is 12.5 Å². The minimum atomic E-state index is -0.0420. The summed E-state index contributed by atoms with van der Waals surface area (Å²) < 4.78 is 5.71. The van der Waals surface area contributed by atoms with Gasteiger partial charge in [0.25, 0.3) is 0 Å². The van der Waals surface area contributed by atoms with Crippen LogP contribution in [0.4, 0.5) is 0 Å². The lowest BCUT2D eigenvalue weighted by molar-refractivity contribution is -0.124. The third-order valence-corrected chi connectivity index (χ3v) is 3.04. The van der Waals surface area contributed by atoms with E-state index in [1.165, 1.54) is 11.8 Å². The van der Waals surface area contributed by atoms with Crippen LogP contribution in [-0.2, 0) is 4.79 Å². The minimum Gasteiger partial charge on any atom is -0.457 e. The zero-order valence-electron chi connectivity index (χ0n) is 11.7.